The molecule has 1 aromatic rings. The third-order valence-corrected chi connectivity index (χ3v) is 4.43. The first-order chi connectivity index (χ1) is 10.7. The maximum absolute atomic E-state index is 12.0. The largest absolute Gasteiger partial charge is 0.352 e. The second kappa shape index (κ2) is 8.94. The number of likely N-dealkylation sites (tertiary alicyclic amines) is 1. The highest BCUT2D eigenvalue weighted by Crippen LogP contribution is 2.18. The molecule has 122 valence electrons. The van der Waals surface area contributed by atoms with Crippen molar-refractivity contribution >= 4 is 5.91 Å². The number of carbonyl (C=O) groups excluding carboxylic acids is 1. The summed E-state index contributed by atoms with van der Waals surface area (Å²) in [5.41, 5.74) is 2.07. The zero-order valence-corrected chi connectivity index (χ0v) is 14.1. The zero-order chi connectivity index (χ0) is 15.8. The van der Waals surface area contributed by atoms with E-state index < -0.39 is 0 Å². The van der Waals surface area contributed by atoms with Gasteiger partial charge in [0.05, 0.1) is 0 Å². The normalized spacial score (nSPS) is 19.1. The number of carbonyl (C=O) groups is 1. The fraction of sp³-hybridized carbons (Fsp3) is 0.632. The maximum atomic E-state index is 12.0. The molecule has 1 aliphatic heterocycles. The van der Waals surface area contributed by atoms with Gasteiger partial charge in [-0.05, 0) is 49.4 Å². The van der Waals surface area contributed by atoms with Gasteiger partial charge in [-0.15, -0.1) is 0 Å². The van der Waals surface area contributed by atoms with E-state index in [9.17, 15) is 4.79 Å². The second-order valence-corrected chi connectivity index (χ2v) is 6.64. The van der Waals surface area contributed by atoms with Gasteiger partial charge in [0.15, 0.2) is 0 Å². The summed E-state index contributed by atoms with van der Waals surface area (Å²) >= 11 is 0. The Kier molecular flexibility index (Phi) is 6.91. The average Bonchev–Trinajstić information content (AvgIpc) is 2.52. The van der Waals surface area contributed by atoms with Gasteiger partial charge in [-0.3, -0.25) is 9.69 Å². The Morgan fingerprint density at radius 1 is 1.27 bits per heavy atom. The lowest BCUT2D eigenvalue weighted by Gasteiger charge is -2.30. The Labute approximate surface area is 135 Å². The van der Waals surface area contributed by atoms with Crippen LogP contribution in [0.5, 0.6) is 0 Å². The van der Waals surface area contributed by atoms with Crippen LogP contribution in [0.4, 0.5) is 0 Å². The summed E-state index contributed by atoms with van der Waals surface area (Å²) in [7, 11) is 0. The van der Waals surface area contributed by atoms with E-state index in [1.54, 1.807) is 0 Å². The fourth-order valence-corrected chi connectivity index (χ4v) is 3.13. The van der Waals surface area contributed by atoms with Gasteiger partial charge in [-0.1, -0.05) is 38.8 Å². The van der Waals surface area contributed by atoms with Crippen LogP contribution in [0.3, 0.4) is 0 Å². The monoisotopic (exact) mass is 302 g/mol. The molecule has 0 radical (unpaired) electrons. The zero-order valence-electron chi connectivity index (χ0n) is 14.1. The molecule has 1 heterocycles. The summed E-state index contributed by atoms with van der Waals surface area (Å²) in [6, 6.07) is 8.11. The van der Waals surface area contributed by atoms with Crippen molar-refractivity contribution in [2.24, 2.45) is 5.92 Å². The molecule has 1 atom stereocenters. The van der Waals surface area contributed by atoms with Gasteiger partial charge in [0.25, 0.3) is 5.91 Å². The van der Waals surface area contributed by atoms with Crippen molar-refractivity contribution < 1.29 is 4.79 Å². The van der Waals surface area contributed by atoms with E-state index in [1.807, 2.05) is 12.1 Å². The van der Waals surface area contributed by atoms with Gasteiger partial charge < -0.3 is 5.32 Å². The van der Waals surface area contributed by atoms with Crippen molar-refractivity contribution in [2.45, 2.75) is 52.5 Å². The third-order valence-electron chi connectivity index (χ3n) is 4.43. The van der Waals surface area contributed by atoms with Crippen LogP contribution in [0.2, 0.25) is 0 Å². The van der Waals surface area contributed by atoms with E-state index >= 15 is 0 Å². The molecule has 3 heteroatoms. The highest BCUT2D eigenvalue weighted by molar-refractivity contribution is 5.94. The van der Waals surface area contributed by atoms with Crippen LogP contribution in [-0.4, -0.2) is 30.4 Å². The second-order valence-electron chi connectivity index (χ2n) is 6.64. The number of amides is 1. The summed E-state index contributed by atoms with van der Waals surface area (Å²) in [6.07, 6.45) is 6.08. The highest BCUT2D eigenvalue weighted by atomic mass is 16.1. The summed E-state index contributed by atoms with van der Waals surface area (Å²) in [4.78, 5) is 14.6. The van der Waals surface area contributed by atoms with Crippen LogP contribution >= 0.6 is 0 Å². The van der Waals surface area contributed by atoms with Crippen molar-refractivity contribution in [3.63, 3.8) is 0 Å². The predicted molar refractivity (Wildman–Crippen MR) is 92.0 cm³/mol. The lowest BCUT2D eigenvalue weighted by Crippen LogP contribution is -2.33. The lowest BCUT2D eigenvalue weighted by molar-refractivity contribution is 0.0953. The minimum atomic E-state index is 0.0502. The highest BCUT2D eigenvalue weighted by Gasteiger charge is 2.16. The van der Waals surface area contributed by atoms with Crippen molar-refractivity contribution in [3.05, 3.63) is 35.4 Å². The van der Waals surface area contributed by atoms with Crippen molar-refractivity contribution in [3.8, 4) is 0 Å². The molecule has 1 amide bonds. The first-order valence-corrected chi connectivity index (χ1v) is 8.78. The van der Waals surface area contributed by atoms with Crippen LogP contribution in [0.15, 0.2) is 24.3 Å². The molecule has 0 unspecified atom stereocenters. The van der Waals surface area contributed by atoms with Crippen LogP contribution in [0.1, 0.15) is 61.9 Å². The molecule has 1 saturated heterocycles. The van der Waals surface area contributed by atoms with Gasteiger partial charge in [0, 0.05) is 25.2 Å². The smallest absolute Gasteiger partial charge is 0.251 e. The summed E-state index contributed by atoms with van der Waals surface area (Å²) in [6.45, 7) is 8.67. The van der Waals surface area contributed by atoms with Crippen LogP contribution in [0.25, 0.3) is 0 Å². The first kappa shape index (κ1) is 17.0. The predicted octanol–water partition coefficient (Wildman–Crippen LogP) is 3.84. The number of unbranched alkanes of at least 4 members (excludes halogenated alkanes) is 2. The molecule has 1 aliphatic rings. The van der Waals surface area contributed by atoms with Crippen molar-refractivity contribution in [1.29, 1.82) is 0 Å². The number of hydrogen-bond acceptors (Lipinski definition) is 2. The molecule has 3 nitrogen and oxygen atoms in total. The van der Waals surface area contributed by atoms with Gasteiger partial charge in [0.2, 0.25) is 0 Å². The number of nitrogens with zero attached hydrogens (tertiary/aromatic N) is 1. The minimum absolute atomic E-state index is 0.0502. The Hall–Kier alpha value is -1.35. The van der Waals surface area contributed by atoms with E-state index in [2.05, 4.69) is 36.2 Å². The van der Waals surface area contributed by atoms with Gasteiger partial charge in [-0.2, -0.15) is 0 Å². The molecule has 1 N–H and O–H groups in total. The number of nitrogens with one attached hydrogen (secondary N) is 1. The topological polar surface area (TPSA) is 32.3 Å². The average molecular weight is 302 g/mol. The lowest BCUT2D eigenvalue weighted by atomic mass is 9.99. The molecule has 0 saturated carbocycles. The quantitative estimate of drug-likeness (QED) is 0.776. The molecular weight excluding hydrogens is 272 g/mol. The Morgan fingerprint density at radius 2 is 2.05 bits per heavy atom. The van der Waals surface area contributed by atoms with Gasteiger partial charge in [-0.25, -0.2) is 0 Å². The molecule has 1 fully saturated rings. The first-order valence-electron chi connectivity index (χ1n) is 8.78. The number of benzene rings is 1. The molecule has 0 aromatic heterocycles. The number of hydrogen-bond donors (Lipinski definition) is 1. The molecule has 2 rings (SSSR count). The SMILES string of the molecule is CCCCCNC(=O)c1ccc(CN2CCC[C@H](C)C2)cc1. The molecule has 0 spiro atoms. The molecular formula is C19H30N2O. The van der Waals surface area contributed by atoms with Gasteiger partial charge in [0.1, 0.15) is 0 Å². The molecule has 22 heavy (non-hydrogen) atoms. The summed E-state index contributed by atoms with van der Waals surface area (Å²) < 4.78 is 0. The minimum Gasteiger partial charge on any atom is -0.352 e. The Balaban J connectivity index is 1.80. The van der Waals surface area contributed by atoms with E-state index in [-0.39, 0.29) is 5.91 Å². The van der Waals surface area contributed by atoms with Gasteiger partial charge >= 0.3 is 0 Å². The molecule has 0 bridgehead atoms. The van der Waals surface area contributed by atoms with Crippen LogP contribution < -0.4 is 5.32 Å². The number of rotatable bonds is 7. The van der Waals surface area contributed by atoms with E-state index in [0.29, 0.717) is 0 Å². The Bertz CT molecular complexity index is 455. The molecule has 0 aliphatic carbocycles. The van der Waals surface area contributed by atoms with Crippen LogP contribution in [0, 0.1) is 5.92 Å². The Morgan fingerprint density at radius 3 is 2.73 bits per heavy atom. The fourth-order valence-electron chi connectivity index (χ4n) is 3.13. The van der Waals surface area contributed by atoms with E-state index in [0.717, 1.165) is 31.0 Å². The maximum Gasteiger partial charge on any atom is 0.251 e. The summed E-state index contributed by atoms with van der Waals surface area (Å²) in [5, 5.41) is 2.99. The third kappa shape index (κ3) is 5.45. The van der Waals surface area contributed by atoms with E-state index in [4.69, 9.17) is 0 Å². The molecule has 1 aromatic carbocycles. The van der Waals surface area contributed by atoms with Crippen molar-refractivity contribution in [1.82, 2.24) is 10.2 Å². The van der Waals surface area contributed by atoms with Crippen LogP contribution in [-0.2, 0) is 6.54 Å². The van der Waals surface area contributed by atoms with E-state index in [1.165, 1.54) is 44.3 Å². The summed E-state index contributed by atoms with van der Waals surface area (Å²) in [5.74, 6) is 0.858. The van der Waals surface area contributed by atoms with Crippen molar-refractivity contribution in [2.75, 3.05) is 19.6 Å². The number of piperidine rings is 1. The standard InChI is InChI=1S/C19H30N2O/c1-3-4-5-12-20-19(22)18-10-8-17(9-11-18)15-21-13-6-7-16(2)14-21/h8-11,16H,3-7,12-15H2,1-2H3,(H,20,22)/t16-/m0/s1.